The molecule has 3 atom stereocenters. The van der Waals surface area contributed by atoms with Gasteiger partial charge in [0.2, 0.25) is 0 Å². The maximum absolute atomic E-state index is 11.9. The Labute approximate surface area is 127 Å². The van der Waals surface area contributed by atoms with Gasteiger partial charge in [-0.15, -0.1) is 0 Å². The Balaban J connectivity index is 2.04. The zero-order valence-corrected chi connectivity index (χ0v) is 13.2. The number of nitrogens with zero attached hydrogens (tertiary/aromatic N) is 1. The first-order valence-electron chi connectivity index (χ1n) is 7.66. The number of nitrogens with one attached hydrogen (secondary N) is 1. The fraction of sp³-hybridized carbons (Fsp3) is 0.588. The van der Waals surface area contributed by atoms with Gasteiger partial charge >= 0.3 is 5.97 Å². The van der Waals surface area contributed by atoms with E-state index in [-0.39, 0.29) is 0 Å². The molecule has 1 aromatic rings. The van der Waals surface area contributed by atoms with Crippen LogP contribution in [0.15, 0.2) is 30.3 Å². The Bertz CT molecular complexity index is 477. The van der Waals surface area contributed by atoms with Gasteiger partial charge in [0, 0.05) is 13.1 Å². The predicted octanol–water partition coefficient (Wildman–Crippen LogP) is 2.16. The second kappa shape index (κ2) is 6.58. The van der Waals surface area contributed by atoms with Crippen molar-refractivity contribution in [3.05, 3.63) is 35.9 Å². The molecule has 0 aromatic heterocycles. The second-order valence-electron chi connectivity index (χ2n) is 6.31. The van der Waals surface area contributed by atoms with Gasteiger partial charge in [0.25, 0.3) is 0 Å². The molecule has 0 bridgehead atoms. The molecule has 2 N–H and O–H groups in total. The minimum absolute atomic E-state index is 0.556. The molecule has 1 fully saturated rings. The SMILES string of the molecule is CNC(CCN(C)CC1CC1C)(C(=O)O)c1ccccc1. The molecule has 4 heteroatoms. The van der Waals surface area contributed by atoms with E-state index in [2.05, 4.69) is 24.2 Å². The Morgan fingerprint density at radius 1 is 1.43 bits per heavy atom. The van der Waals surface area contributed by atoms with Gasteiger partial charge < -0.3 is 15.3 Å². The van der Waals surface area contributed by atoms with E-state index in [1.54, 1.807) is 7.05 Å². The van der Waals surface area contributed by atoms with Gasteiger partial charge in [-0.25, -0.2) is 4.79 Å². The lowest BCUT2D eigenvalue weighted by Gasteiger charge is -2.31. The predicted molar refractivity (Wildman–Crippen MR) is 84.2 cm³/mol. The molecule has 0 heterocycles. The zero-order valence-electron chi connectivity index (χ0n) is 13.2. The number of carboxylic acid groups (broad SMARTS) is 1. The van der Waals surface area contributed by atoms with E-state index in [0.29, 0.717) is 6.42 Å². The standard InChI is InChI=1S/C17H26N2O2/c1-13-11-14(13)12-19(3)10-9-17(18-2,16(20)21)15-7-5-4-6-8-15/h4-8,13-14,18H,9-12H2,1-3H3,(H,20,21). The highest BCUT2D eigenvalue weighted by molar-refractivity contribution is 5.80. The van der Waals surface area contributed by atoms with Gasteiger partial charge in [0.1, 0.15) is 5.54 Å². The summed E-state index contributed by atoms with van der Waals surface area (Å²) in [4.78, 5) is 14.1. The van der Waals surface area contributed by atoms with Gasteiger partial charge in [-0.1, -0.05) is 37.3 Å². The van der Waals surface area contributed by atoms with Crippen LogP contribution in [-0.2, 0) is 10.3 Å². The molecular formula is C17H26N2O2. The second-order valence-corrected chi connectivity index (χ2v) is 6.31. The highest BCUT2D eigenvalue weighted by Crippen LogP contribution is 2.38. The summed E-state index contributed by atoms with van der Waals surface area (Å²) in [6, 6.07) is 9.45. The first kappa shape index (κ1) is 16.0. The summed E-state index contributed by atoms with van der Waals surface area (Å²) >= 11 is 0. The van der Waals surface area contributed by atoms with Crippen LogP contribution in [0.2, 0.25) is 0 Å². The van der Waals surface area contributed by atoms with E-state index in [0.717, 1.165) is 30.5 Å². The van der Waals surface area contributed by atoms with E-state index < -0.39 is 11.5 Å². The summed E-state index contributed by atoms with van der Waals surface area (Å²) < 4.78 is 0. The Hall–Kier alpha value is -1.39. The van der Waals surface area contributed by atoms with Crippen LogP contribution in [0.5, 0.6) is 0 Å². The van der Waals surface area contributed by atoms with Gasteiger partial charge in [0.05, 0.1) is 0 Å². The highest BCUT2D eigenvalue weighted by Gasteiger charge is 2.39. The molecule has 0 spiro atoms. The average molecular weight is 290 g/mol. The van der Waals surface area contributed by atoms with Crippen molar-refractivity contribution >= 4 is 5.97 Å². The van der Waals surface area contributed by atoms with Gasteiger partial charge in [-0.05, 0) is 44.3 Å². The van der Waals surface area contributed by atoms with Crippen LogP contribution in [0.1, 0.15) is 25.3 Å². The molecule has 1 saturated carbocycles. The van der Waals surface area contributed by atoms with Gasteiger partial charge in [-0.2, -0.15) is 0 Å². The van der Waals surface area contributed by atoms with Crippen LogP contribution in [0.3, 0.4) is 0 Å². The van der Waals surface area contributed by atoms with Crippen molar-refractivity contribution in [2.75, 3.05) is 27.2 Å². The third-order valence-corrected chi connectivity index (χ3v) is 4.75. The van der Waals surface area contributed by atoms with Crippen molar-refractivity contribution in [2.24, 2.45) is 11.8 Å². The molecular weight excluding hydrogens is 264 g/mol. The quantitative estimate of drug-likeness (QED) is 0.770. The number of hydrogen-bond acceptors (Lipinski definition) is 3. The van der Waals surface area contributed by atoms with E-state index >= 15 is 0 Å². The molecule has 2 rings (SSSR count). The van der Waals surface area contributed by atoms with Crippen molar-refractivity contribution in [3.63, 3.8) is 0 Å². The molecule has 0 aliphatic heterocycles. The molecule has 3 unspecified atom stereocenters. The largest absolute Gasteiger partial charge is 0.480 e. The van der Waals surface area contributed by atoms with Gasteiger partial charge in [0.15, 0.2) is 0 Å². The zero-order chi connectivity index (χ0) is 15.5. The van der Waals surface area contributed by atoms with Crippen LogP contribution in [0.4, 0.5) is 0 Å². The highest BCUT2D eigenvalue weighted by atomic mass is 16.4. The fourth-order valence-electron chi connectivity index (χ4n) is 2.98. The lowest BCUT2D eigenvalue weighted by atomic mass is 9.86. The van der Waals surface area contributed by atoms with Crippen molar-refractivity contribution in [1.29, 1.82) is 0 Å². The number of hydrogen-bond donors (Lipinski definition) is 2. The monoisotopic (exact) mass is 290 g/mol. The Morgan fingerprint density at radius 3 is 2.52 bits per heavy atom. The summed E-state index contributed by atoms with van der Waals surface area (Å²) in [6.07, 6.45) is 1.86. The van der Waals surface area contributed by atoms with Crippen LogP contribution < -0.4 is 5.32 Å². The first-order chi connectivity index (χ1) is 9.99. The van der Waals surface area contributed by atoms with Crippen molar-refractivity contribution < 1.29 is 9.90 Å². The summed E-state index contributed by atoms with van der Waals surface area (Å²) in [5, 5.41) is 12.8. The smallest absolute Gasteiger partial charge is 0.328 e. The summed E-state index contributed by atoms with van der Waals surface area (Å²) in [7, 11) is 3.81. The lowest BCUT2D eigenvalue weighted by Crippen LogP contribution is -2.49. The van der Waals surface area contributed by atoms with Crippen LogP contribution in [0.25, 0.3) is 0 Å². The fourth-order valence-corrected chi connectivity index (χ4v) is 2.98. The molecule has 0 amide bonds. The minimum atomic E-state index is -1.01. The molecule has 1 aliphatic carbocycles. The van der Waals surface area contributed by atoms with E-state index in [1.165, 1.54) is 6.42 Å². The van der Waals surface area contributed by atoms with E-state index in [4.69, 9.17) is 0 Å². The van der Waals surface area contributed by atoms with E-state index in [9.17, 15) is 9.90 Å². The summed E-state index contributed by atoms with van der Waals surface area (Å²) in [5.74, 6) is 0.806. The maximum atomic E-state index is 11.9. The molecule has 1 aromatic carbocycles. The molecule has 1 aliphatic rings. The number of aliphatic carboxylic acids is 1. The first-order valence-corrected chi connectivity index (χ1v) is 7.66. The maximum Gasteiger partial charge on any atom is 0.328 e. The third-order valence-electron chi connectivity index (χ3n) is 4.75. The van der Waals surface area contributed by atoms with E-state index in [1.807, 2.05) is 30.3 Å². The number of likely N-dealkylation sites (N-methyl/N-ethyl adjacent to an activating group) is 1. The number of carbonyl (C=O) groups is 1. The van der Waals surface area contributed by atoms with Crippen LogP contribution >= 0.6 is 0 Å². The molecule has 21 heavy (non-hydrogen) atoms. The molecule has 4 nitrogen and oxygen atoms in total. The Kier molecular flexibility index (Phi) is 5.01. The molecule has 0 radical (unpaired) electrons. The summed E-state index contributed by atoms with van der Waals surface area (Å²) in [6.45, 7) is 4.11. The van der Waals surface area contributed by atoms with Gasteiger partial charge in [-0.3, -0.25) is 0 Å². The average Bonchev–Trinajstić information content (AvgIpc) is 3.16. The Morgan fingerprint density at radius 2 is 2.05 bits per heavy atom. The summed E-state index contributed by atoms with van der Waals surface area (Å²) in [5.41, 5.74) is -0.196. The minimum Gasteiger partial charge on any atom is -0.480 e. The lowest BCUT2D eigenvalue weighted by molar-refractivity contribution is -0.145. The normalized spacial score (nSPS) is 23.8. The topological polar surface area (TPSA) is 52.6 Å². The molecule has 116 valence electrons. The van der Waals surface area contributed by atoms with Crippen molar-refractivity contribution in [3.8, 4) is 0 Å². The van der Waals surface area contributed by atoms with Crippen LogP contribution in [0, 0.1) is 11.8 Å². The van der Waals surface area contributed by atoms with Crippen molar-refractivity contribution in [2.45, 2.75) is 25.3 Å². The number of carboxylic acids is 1. The third kappa shape index (κ3) is 3.63. The van der Waals surface area contributed by atoms with Crippen LogP contribution in [-0.4, -0.2) is 43.2 Å². The molecule has 0 saturated heterocycles. The number of benzene rings is 1. The van der Waals surface area contributed by atoms with Crippen molar-refractivity contribution in [1.82, 2.24) is 10.2 Å². The number of rotatable bonds is 8.